The number of aliphatic imine (C=N–C) groups is 1. The van der Waals surface area contributed by atoms with Crippen molar-refractivity contribution in [2.24, 2.45) is 12.0 Å². The van der Waals surface area contributed by atoms with Crippen LogP contribution in [0.5, 0.6) is 17.2 Å². The fourth-order valence-electron chi connectivity index (χ4n) is 3.56. The smallest absolute Gasteiger partial charge is 0.258 e. The maximum Gasteiger partial charge on any atom is 0.258 e. The number of amides is 1. The van der Waals surface area contributed by atoms with Crippen LogP contribution in [-0.2, 0) is 13.6 Å². The van der Waals surface area contributed by atoms with Crippen molar-refractivity contribution < 1.29 is 19.0 Å². The molecule has 0 saturated carbocycles. The number of nitrogens with zero attached hydrogens (tertiary/aromatic N) is 3. The monoisotopic (exact) mass is 499 g/mol. The molecule has 0 saturated heterocycles. The summed E-state index contributed by atoms with van der Waals surface area (Å²) in [6.07, 6.45) is 0. The molecule has 3 aromatic rings. The molecule has 1 amide bonds. The van der Waals surface area contributed by atoms with Crippen LogP contribution in [0, 0.1) is 20.8 Å². The molecular formula is C25H30ClN5O4. The van der Waals surface area contributed by atoms with Crippen molar-refractivity contribution in [3.8, 4) is 17.2 Å². The number of aryl methyl sites for hydroxylation is 3. The van der Waals surface area contributed by atoms with Gasteiger partial charge >= 0.3 is 0 Å². The predicted octanol–water partition coefficient (Wildman–Crippen LogP) is 4.42. The van der Waals surface area contributed by atoms with Gasteiger partial charge in [-0.3, -0.25) is 14.8 Å². The second-order valence-electron chi connectivity index (χ2n) is 7.89. The molecular weight excluding hydrogens is 470 g/mol. The van der Waals surface area contributed by atoms with Gasteiger partial charge in [0, 0.05) is 34.6 Å². The lowest BCUT2D eigenvalue weighted by molar-refractivity contribution is 0.0976. The maximum absolute atomic E-state index is 13.3. The highest BCUT2D eigenvalue weighted by Crippen LogP contribution is 2.38. The number of benzene rings is 2. The lowest BCUT2D eigenvalue weighted by Crippen LogP contribution is -2.36. The number of nitrogens with one attached hydrogen (secondary N) is 2. The van der Waals surface area contributed by atoms with Crippen LogP contribution in [-0.4, -0.2) is 43.0 Å². The van der Waals surface area contributed by atoms with E-state index in [2.05, 4.69) is 20.7 Å². The first-order chi connectivity index (χ1) is 16.7. The molecule has 0 aliphatic heterocycles. The first-order valence-corrected chi connectivity index (χ1v) is 11.2. The quantitative estimate of drug-likeness (QED) is 0.369. The van der Waals surface area contributed by atoms with E-state index < -0.39 is 5.91 Å². The molecule has 1 aromatic heterocycles. The van der Waals surface area contributed by atoms with Gasteiger partial charge in [-0.15, -0.1) is 0 Å². The highest BCUT2D eigenvalue weighted by molar-refractivity contribution is 6.31. The normalized spacial score (nSPS) is 11.3. The van der Waals surface area contributed by atoms with Crippen molar-refractivity contribution >= 4 is 29.2 Å². The third-order valence-corrected chi connectivity index (χ3v) is 5.90. The number of guanidine groups is 1. The topological polar surface area (TPSA) is 99.0 Å². The molecule has 0 fully saturated rings. The summed E-state index contributed by atoms with van der Waals surface area (Å²) >= 11 is 6.20. The number of hydrogen-bond donors (Lipinski definition) is 2. The minimum absolute atomic E-state index is 0.261. The molecule has 0 radical (unpaired) electrons. The number of methoxy groups -OCH3 is 3. The van der Waals surface area contributed by atoms with Gasteiger partial charge in [-0.05, 0) is 50.6 Å². The summed E-state index contributed by atoms with van der Waals surface area (Å²) in [6.45, 7) is 6.17. The molecule has 0 spiro atoms. The lowest BCUT2D eigenvalue weighted by Gasteiger charge is -2.16. The SMILES string of the molecule is COc1cc(C(=O)NC(=NCc2c(C)nn(C)c2C)Nc2cc(Cl)ccc2C)cc(OC)c1OC. The van der Waals surface area contributed by atoms with Crippen molar-refractivity contribution in [2.45, 2.75) is 27.3 Å². The van der Waals surface area contributed by atoms with E-state index >= 15 is 0 Å². The third kappa shape index (κ3) is 5.86. The van der Waals surface area contributed by atoms with Crippen LogP contribution >= 0.6 is 11.6 Å². The van der Waals surface area contributed by atoms with Crippen LogP contribution < -0.4 is 24.8 Å². The van der Waals surface area contributed by atoms with E-state index in [0.29, 0.717) is 34.4 Å². The minimum Gasteiger partial charge on any atom is -0.493 e. The lowest BCUT2D eigenvalue weighted by atomic mass is 10.1. The largest absolute Gasteiger partial charge is 0.493 e. The van der Waals surface area contributed by atoms with Gasteiger partial charge < -0.3 is 19.5 Å². The first kappa shape index (κ1) is 25.9. The van der Waals surface area contributed by atoms with Gasteiger partial charge in [0.1, 0.15) is 0 Å². The molecule has 0 bridgehead atoms. The molecule has 9 nitrogen and oxygen atoms in total. The van der Waals surface area contributed by atoms with Gasteiger partial charge in [-0.1, -0.05) is 17.7 Å². The number of aromatic nitrogens is 2. The number of hydrogen-bond acceptors (Lipinski definition) is 6. The van der Waals surface area contributed by atoms with Crippen molar-refractivity contribution in [3.05, 3.63) is 63.4 Å². The van der Waals surface area contributed by atoms with E-state index in [1.807, 2.05) is 38.6 Å². The van der Waals surface area contributed by atoms with E-state index in [4.69, 9.17) is 25.8 Å². The van der Waals surface area contributed by atoms with E-state index in [1.54, 1.807) is 24.3 Å². The number of anilines is 1. The standard InChI is InChI=1S/C25H30ClN5O4/c1-14-8-9-18(26)12-20(14)28-25(27-13-19-15(2)30-31(4)16(19)3)29-24(32)17-10-21(33-5)23(35-7)22(11-17)34-6/h8-12H,13H2,1-7H3,(H2,27,28,29,32). The van der Waals surface area contributed by atoms with Gasteiger partial charge in [-0.2, -0.15) is 5.10 Å². The minimum atomic E-state index is -0.408. The predicted molar refractivity (Wildman–Crippen MR) is 137 cm³/mol. The van der Waals surface area contributed by atoms with Crippen molar-refractivity contribution in [1.29, 1.82) is 0 Å². The molecule has 0 aliphatic rings. The average Bonchev–Trinajstić information content (AvgIpc) is 3.08. The second kappa shape index (κ2) is 11.1. The van der Waals surface area contributed by atoms with Crippen LogP contribution in [0.2, 0.25) is 5.02 Å². The zero-order valence-electron chi connectivity index (χ0n) is 20.9. The van der Waals surface area contributed by atoms with Crippen LogP contribution in [0.4, 0.5) is 5.69 Å². The van der Waals surface area contributed by atoms with Crippen LogP contribution in [0.15, 0.2) is 35.3 Å². The summed E-state index contributed by atoms with van der Waals surface area (Å²) in [4.78, 5) is 17.9. The van der Waals surface area contributed by atoms with Crippen molar-refractivity contribution in [1.82, 2.24) is 15.1 Å². The zero-order chi connectivity index (χ0) is 25.7. The molecule has 0 atom stereocenters. The van der Waals surface area contributed by atoms with E-state index in [-0.39, 0.29) is 5.96 Å². The van der Waals surface area contributed by atoms with Gasteiger partial charge in [0.25, 0.3) is 5.91 Å². The Morgan fingerprint density at radius 1 is 1.06 bits per heavy atom. The van der Waals surface area contributed by atoms with Gasteiger partial charge in [0.2, 0.25) is 11.7 Å². The maximum atomic E-state index is 13.3. The number of ether oxygens (including phenoxy) is 3. The Balaban J connectivity index is 1.97. The van der Waals surface area contributed by atoms with Crippen LogP contribution in [0.1, 0.15) is 32.9 Å². The molecule has 0 unspecified atom stereocenters. The highest BCUT2D eigenvalue weighted by atomic mass is 35.5. The summed E-state index contributed by atoms with van der Waals surface area (Å²) in [6, 6.07) is 8.62. The molecule has 1 heterocycles. The van der Waals surface area contributed by atoms with Gasteiger partial charge in [0.15, 0.2) is 11.5 Å². The Morgan fingerprint density at radius 3 is 2.26 bits per heavy atom. The summed E-state index contributed by atoms with van der Waals surface area (Å²) in [5.74, 6) is 0.994. The summed E-state index contributed by atoms with van der Waals surface area (Å²) in [5.41, 5.74) is 4.84. The Hall–Kier alpha value is -3.72. The van der Waals surface area contributed by atoms with Gasteiger partial charge in [-0.25, -0.2) is 4.99 Å². The highest BCUT2D eigenvalue weighted by Gasteiger charge is 2.19. The first-order valence-electron chi connectivity index (χ1n) is 10.9. The molecule has 2 N–H and O–H groups in total. The number of carbonyl (C=O) groups is 1. The molecule has 0 aliphatic carbocycles. The van der Waals surface area contributed by atoms with Crippen molar-refractivity contribution in [3.63, 3.8) is 0 Å². The molecule has 35 heavy (non-hydrogen) atoms. The fraction of sp³-hybridized carbons (Fsp3) is 0.320. The zero-order valence-corrected chi connectivity index (χ0v) is 21.7. The summed E-state index contributed by atoms with van der Waals surface area (Å²) in [5, 5.41) is 11.1. The van der Waals surface area contributed by atoms with E-state index in [9.17, 15) is 4.79 Å². The van der Waals surface area contributed by atoms with Crippen molar-refractivity contribution in [2.75, 3.05) is 26.6 Å². The number of carbonyl (C=O) groups excluding carboxylic acids is 1. The summed E-state index contributed by atoms with van der Waals surface area (Å²) in [7, 11) is 6.38. The third-order valence-electron chi connectivity index (χ3n) is 5.67. The Kier molecular flexibility index (Phi) is 8.24. The molecule has 3 rings (SSSR count). The second-order valence-corrected chi connectivity index (χ2v) is 8.33. The van der Waals surface area contributed by atoms with Gasteiger partial charge in [0.05, 0.1) is 33.6 Å². The molecule has 186 valence electrons. The van der Waals surface area contributed by atoms with E-state index in [1.165, 1.54) is 21.3 Å². The van der Waals surface area contributed by atoms with Crippen LogP contribution in [0.25, 0.3) is 0 Å². The Morgan fingerprint density at radius 2 is 1.71 bits per heavy atom. The average molecular weight is 500 g/mol. The Bertz CT molecular complexity index is 1240. The van der Waals surface area contributed by atoms with E-state index in [0.717, 1.165) is 28.2 Å². The fourth-order valence-corrected chi connectivity index (χ4v) is 3.74. The molecule has 2 aromatic carbocycles. The molecule has 10 heteroatoms. The number of rotatable bonds is 7. The summed E-state index contributed by atoms with van der Waals surface area (Å²) < 4.78 is 17.9. The Labute approximate surface area is 210 Å². The number of halogens is 1. The van der Waals surface area contributed by atoms with Crippen LogP contribution in [0.3, 0.4) is 0 Å².